The Morgan fingerprint density at radius 3 is 2.76 bits per heavy atom. The van der Waals surface area contributed by atoms with Crippen molar-refractivity contribution in [3.05, 3.63) is 71.5 Å². The molecule has 7 heteroatoms. The van der Waals surface area contributed by atoms with Gasteiger partial charge in [-0.25, -0.2) is 0 Å². The van der Waals surface area contributed by atoms with E-state index in [1.54, 1.807) is 19.1 Å². The third-order valence-electron chi connectivity index (χ3n) is 6.40. The molecule has 1 saturated heterocycles. The molecule has 4 rings (SSSR count). The summed E-state index contributed by atoms with van der Waals surface area (Å²) in [5.74, 6) is 1.26. The fraction of sp³-hybridized carbons (Fsp3) is 0.346. The highest BCUT2D eigenvalue weighted by molar-refractivity contribution is 5.86. The standard InChI is InChI=1S/C26H29N3O4/c1-18-7-4-5-10-22(18)23-15-21(33-28-23)16-26(25(31)27-2)11-12-29(17-26)24(30)14-19-8-6-9-20(13-19)32-3/h4-10,13,15H,11-12,14,16-17H2,1-3H3,(H,27,31)/t26-/m0/s1. The molecule has 1 aliphatic rings. The van der Waals surface area contributed by atoms with E-state index in [0.29, 0.717) is 31.7 Å². The molecule has 2 aromatic carbocycles. The molecule has 0 unspecified atom stereocenters. The van der Waals surface area contributed by atoms with Crippen molar-refractivity contribution in [3.8, 4) is 17.0 Å². The van der Waals surface area contributed by atoms with E-state index >= 15 is 0 Å². The zero-order valence-corrected chi connectivity index (χ0v) is 19.3. The summed E-state index contributed by atoms with van der Waals surface area (Å²) in [6, 6.07) is 17.4. The number of carbonyl (C=O) groups excluding carboxylic acids is 2. The first-order valence-corrected chi connectivity index (χ1v) is 11.1. The number of nitrogens with zero attached hydrogens (tertiary/aromatic N) is 2. The van der Waals surface area contributed by atoms with Gasteiger partial charge < -0.3 is 19.5 Å². The van der Waals surface area contributed by atoms with E-state index in [0.717, 1.165) is 28.1 Å². The molecule has 7 nitrogen and oxygen atoms in total. The predicted molar refractivity (Wildman–Crippen MR) is 125 cm³/mol. The Morgan fingerprint density at radius 1 is 1.18 bits per heavy atom. The molecule has 172 valence electrons. The molecule has 2 heterocycles. The Balaban J connectivity index is 1.50. The minimum atomic E-state index is -0.749. The Labute approximate surface area is 193 Å². The lowest BCUT2D eigenvalue weighted by Crippen LogP contribution is -2.44. The number of hydrogen-bond acceptors (Lipinski definition) is 5. The molecule has 1 aliphatic heterocycles. The van der Waals surface area contributed by atoms with E-state index in [4.69, 9.17) is 9.26 Å². The van der Waals surface area contributed by atoms with Crippen LogP contribution in [0, 0.1) is 12.3 Å². The molecule has 0 radical (unpaired) electrons. The average molecular weight is 448 g/mol. The fourth-order valence-electron chi connectivity index (χ4n) is 4.55. The van der Waals surface area contributed by atoms with Crippen LogP contribution in [0.5, 0.6) is 5.75 Å². The van der Waals surface area contributed by atoms with Crippen molar-refractivity contribution in [2.24, 2.45) is 5.41 Å². The molecular weight excluding hydrogens is 418 g/mol. The lowest BCUT2D eigenvalue weighted by atomic mass is 9.81. The summed E-state index contributed by atoms with van der Waals surface area (Å²) < 4.78 is 10.9. The third kappa shape index (κ3) is 4.77. The number of carbonyl (C=O) groups is 2. The normalized spacial score (nSPS) is 17.7. The van der Waals surface area contributed by atoms with Gasteiger partial charge in [0.05, 0.1) is 18.9 Å². The number of aromatic nitrogens is 1. The summed E-state index contributed by atoms with van der Waals surface area (Å²) in [5, 5.41) is 7.02. The number of methoxy groups -OCH3 is 1. The summed E-state index contributed by atoms with van der Waals surface area (Å²) in [5.41, 5.74) is 2.99. The van der Waals surface area contributed by atoms with E-state index < -0.39 is 5.41 Å². The number of benzene rings is 2. The SMILES string of the molecule is CNC(=O)[C@]1(Cc2cc(-c3ccccc3C)no2)CCN(C(=O)Cc2cccc(OC)c2)C1. The van der Waals surface area contributed by atoms with Crippen molar-refractivity contribution in [1.82, 2.24) is 15.4 Å². The molecule has 1 atom stereocenters. The zero-order chi connectivity index (χ0) is 23.4. The first-order chi connectivity index (χ1) is 15.9. The monoisotopic (exact) mass is 447 g/mol. The molecular formula is C26H29N3O4. The van der Waals surface area contributed by atoms with Crippen LogP contribution >= 0.6 is 0 Å². The first-order valence-electron chi connectivity index (χ1n) is 11.1. The molecule has 0 spiro atoms. The van der Waals surface area contributed by atoms with Gasteiger partial charge in [-0.2, -0.15) is 0 Å². The van der Waals surface area contributed by atoms with Gasteiger partial charge in [-0.15, -0.1) is 0 Å². The summed E-state index contributed by atoms with van der Waals surface area (Å²) >= 11 is 0. The van der Waals surface area contributed by atoms with Crippen LogP contribution in [0.1, 0.15) is 23.3 Å². The van der Waals surface area contributed by atoms with Gasteiger partial charge in [-0.05, 0) is 36.6 Å². The van der Waals surface area contributed by atoms with Gasteiger partial charge in [0.2, 0.25) is 11.8 Å². The molecule has 2 amide bonds. The molecule has 1 N–H and O–H groups in total. The van der Waals surface area contributed by atoms with E-state index in [1.807, 2.05) is 61.5 Å². The number of amides is 2. The first kappa shape index (κ1) is 22.6. The smallest absolute Gasteiger partial charge is 0.228 e. The maximum Gasteiger partial charge on any atom is 0.228 e. The highest BCUT2D eigenvalue weighted by Crippen LogP contribution is 2.36. The van der Waals surface area contributed by atoms with Crippen LogP contribution in [0.3, 0.4) is 0 Å². The number of ether oxygens (including phenoxy) is 1. The molecule has 0 bridgehead atoms. The van der Waals surface area contributed by atoms with Gasteiger partial charge in [0, 0.05) is 38.2 Å². The van der Waals surface area contributed by atoms with Crippen LogP contribution in [0.15, 0.2) is 59.1 Å². The summed E-state index contributed by atoms with van der Waals surface area (Å²) in [6.07, 6.45) is 1.21. The van der Waals surface area contributed by atoms with E-state index in [9.17, 15) is 9.59 Å². The van der Waals surface area contributed by atoms with Gasteiger partial charge in [-0.3, -0.25) is 9.59 Å². The van der Waals surface area contributed by atoms with Gasteiger partial charge >= 0.3 is 0 Å². The van der Waals surface area contributed by atoms with E-state index in [1.165, 1.54) is 0 Å². The predicted octanol–water partition coefficient (Wildman–Crippen LogP) is 3.41. The highest BCUT2D eigenvalue weighted by Gasteiger charge is 2.46. The minimum absolute atomic E-state index is 0.00722. The Hall–Kier alpha value is -3.61. The summed E-state index contributed by atoms with van der Waals surface area (Å²) in [4.78, 5) is 27.7. The highest BCUT2D eigenvalue weighted by atomic mass is 16.5. The Kier molecular flexibility index (Phi) is 6.49. The van der Waals surface area contributed by atoms with Crippen molar-refractivity contribution in [2.45, 2.75) is 26.2 Å². The number of hydrogen-bond donors (Lipinski definition) is 1. The van der Waals surface area contributed by atoms with Crippen LogP contribution in [0.4, 0.5) is 0 Å². The van der Waals surface area contributed by atoms with Crippen molar-refractivity contribution in [3.63, 3.8) is 0 Å². The van der Waals surface area contributed by atoms with Gasteiger partial charge in [-0.1, -0.05) is 41.6 Å². The lowest BCUT2D eigenvalue weighted by molar-refractivity contribution is -0.132. The van der Waals surface area contributed by atoms with Gasteiger partial charge in [0.25, 0.3) is 0 Å². The zero-order valence-electron chi connectivity index (χ0n) is 19.3. The van der Waals surface area contributed by atoms with Crippen molar-refractivity contribution >= 4 is 11.8 Å². The van der Waals surface area contributed by atoms with Crippen LogP contribution in [-0.4, -0.2) is 49.1 Å². The van der Waals surface area contributed by atoms with E-state index in [-0.39, 0.29) is 18.2 Å². The molecule has 3 aromatic rings. The molecule has 1 fully saturated rings. The Bertz CT molecular complexity index is 1160. The molecule has 0 saturated carbocycles. The van der Waals surface area contributed by atoms with Crippen LogP contribution in [0.25, 0.3) is 11.3 Å². The van der Waals surface area contributed by atoms with Crippen molar-refractivity contribution in [2.75, 3.05) is 27.2 Å². The average Bonchev–Trinajstić information content (AvgIpc) is 3.47. The molecule has 33 heavy (non-hydrogen) atoms. The van der Waals surface area contributed by atoms with Crippen LogP contribution in [-0.2, 0) is 22.4 Å². The van der Waals surface area contributed by atoms with Crippen molar-refractivity contribution in [1.29, 1.82) is 0 Å². The number of likely N-dealkylation sites (tertiary alicyclic amines) is 1. The maximum absolute atomic E-state index is 13.0. The molecule has 0 aliphatic carbocycles. The second-order valence-electron chi connectivity index (χ2n) is 8.62. The van der Waals surface area contributed by atoms with Crippen LogP contribution in [0.2, 0.25) is 0 Å². The van der Waals surface area contributed by atoms with Gasteiger partial charge in [0.15, 0.2) is 0 Å². The van der Waals surface area contributed by atoms with Gasteiger partial charge in [0.1, 0.15) is 17.2 Å². The Morgan fingerprint density at radius 2 is 2.00 bits per heavy atom. The van der Waals surface area contributed by atoms with E-state index in [2.05, 4.69) is 10.5 Å². The summed E-state index contributed by atoms with van der Waals surface area (Å²) in [6.45, 7) is 2.89. The van der Waals surface area contributed by atoms with Crippen molar-refractivity contribution < 1.29 is 18.8 Å². The molecule has 1 aromatic heterocycles. The fourth-order valence-corrected chi connectivity index (χ4v) is 4.55. The number of aryl methyl sites for hydroxylation is 1. The number of rotatable bonds is 7. The van der Waals surface area contributed by atoms with Crippen LogP contribution < -0.4 is 10.1 Å². The minimum Gasteiger partial charge on any atom is -0.497 e. The second-order valence-corrected chi connectivity index (χ2v) is 8.62. The maximum atomic E-state index is 13.0. The largest absolute Gasteiger partial charge is 0.497 e. The topological polar surface area (TPSA) is 84.7 Å². The lowest BCUT2D eigenvalue weighted by Gasteiger charge is -2.26. The summed E-state index contributed by atoms with van der Waals surface area (Å²) in [7, 11) is 3.23. The number of nitrogens with one attached hydrogen (secondary N) is 1. The second kappa shape index (κ2) is 9.48. The quantitative estimate of drug-likeness (QED) is 0.600. The third-order valence-corrected chi connectivity index (χ3v) is 6.40.